The number of carbonyl (C=O) groups is 3. The Morgan fingerprint density at radius 2 is 1.90 bits per heavy atom. The topological polar surface area (TPSA) is 93.7 Å². The number of fused-ring (bicyclic) bond motifs is 1. The summed E-state index contributed by atoms with van der Waals surface area (Å²) in [4.78, 5) is 36.2. The third-order valence-electron chi connectivity index (χ3n) is 5.60. The Morgan fingerprint density at radius 1 is 1.13 bits per heavy atom. The van der Waals surface area contributed by atoms with Crippen molar-refractivity contribution in [1.29, 1.82) is 0 Å². The second kappa shape index (κ2) is 8.02. The molecule has 0 radical (unpaired) electrons. The first-order valence-corrected chi connectivity index (χ1v) is 9.84. The number of hydrogen-bond acceptors (Lipinski definition) is 5. The van der Waals surface area contributed by atoms with E-state index in [4.69, 9.17) is 9.47 Å². The molecule has 2 N–H and O–H groups in total. The molecule has 1 saturated heterocycles. The van der Waals surface area contributed by atoms with Crippen molar-refractivity contribution in [2.75, 3.05) is 12.1 Å². The minimum atomic E-state index is -0.713. The molecule has 3 amide bonds. The molecule has 0 saturated carbocycles. The maximum atomic E-state index is 12.5. The number of imide groups is 1. The van der Waals surface area contributed by atoms with E-state index in [2.05, 4.69) is 10.6 Å². The molecule has 0 bridgehead atoms. The second-order valence-electron chi connectivity index (χ2n) is 7.33. The zero-order chi connectivity index (χ0) is 21.1. The monoisotopic (exact) mass is 406 g/mol. The van der Waals surface area contributed by atoms with Crippen molar-refractivity contribution in [2.45, 2.75) is 31.6 Å². The highest BCUT2D eigenvalue weighted by Gasteiger charge is 2.42. The molecule has 1 fully saturated rings. The SMILES string of the molecule is CCC1(c2ccc(NC(=O)C=Cc3ccc4c(c3)OCO4)cc2)CCC(=O)NC1=O. The van der Waals surface area contributed by atoms with Crippen molar-refractivity contribution in [3.8, 4) is 11.5 Å². The highest BCUT2D eigenvalue weighted by atomic mass is 16.7. The molecule has 0 aliphatic carbocycles. The molecule has 7 heteroatoms. The fourth-order valence-corrected chi connectivity index (χ4v) is 3.81. The van der Waals surface area contributed by atoms with Crippen LogP contribution in [0.5, 0.6) is 11.5 Å². The number of ether oxygens (including phenoxy) is 2. The number of amides is 3. The van der Waals surface area contributed by atoms with E-state index >= 15 is 0 Å². The standard InChI is InChI=1S/C23H22N2O5/c1-2-23(12-11-21(27)25-22(23)28)16-5-7-17(8-6-16)24-20(26)10-4-15-3-9-18-19(13-15)30-14-29-18/h3-10,13H,2,11-12,14H2,1H3,(H,24,26)(H,25,27,28). The van der Waals surface area contributed by atoms with Crippen LogP contribution in [0, 0.1) is 0 Å². The van der Waals surface area contributed by atoms with Crippen molar-refractivity contribution in [3.05, 3.63) is 59.7 Å². The molecule has 2 aromatic rings. The van der Waals surface area contributed by atoms with Crippen molar-refractivity contribution < 1.29 is 23.9 Å². The first-order valence-electron chi connectivity index (χ1n) is 9.84. The van der Waals surface area contributed by atoms with Crippen molar-refractivity contribution in [3.63, 3.8) is 0 Å². The van der Waals surface area contributed by atoms with Crippen molar-refractivity contribution in [1.82, 2.24) is 5.32 Å². The van der Waals surface area contributed by atoms with Gasteiger partial charge in [-0.3, -0.25) is 19.7 Å². The number of hydrogen-bond donors (Lipinski definition) is 2. The Labute approximate surface area is 174 Å². The van der Waals surface area contributed by atoms with Crippen molar-refractivity contribution in [2.24, 2.45) is 0 Å². The number of carbonyl (C=O) groups excluding carboxylic acids is 3. The molecule has 2 aromatic carbocycles. The highest BCUT2D eigenvalue weighted by molar-refractivity contribution is 6.04. The maximum Gasteiger partial charge on any atom is 0.248 e. The van der Waals surface area contributed by atoms with Gasteiger partial charge < -0.3 is 14.8 Å². The van der Waals surface area contributed by atoms with E-state index in [1.165, 1.54) is 6.08 Å². The lowest BCUT2D eigenvalue weighted by Crippen LogP contribution is -2.51. The molecule has 4 rings (SSSR count). The predicted octanol–water partition coefficient (Wildman–Crippen LogP) is 3.15. The minimum absolute atomic E-state index is 0.205. The smallest absolute Gasteiger partial charge is 0.248 e. The number of piperidine rings is 1. The van der Waals surface area contributed by atoms with Crippen LogP contribution in [0.15, 0.2) is 48.5 Å². The number of nitrogens with one attached hydrogen (secondary N) is 2. The summed E-state index contributed by atoms with van der Waals surface area (Å²) >= 11 is 0. The largest absolute Gasteiger partial charge is 0.454 e. The molecule has 0 aromatic heterocycles. The molecule has 0 spiro atoms. The molecule has 7 nitrogen and oxygen atoms in total. The van der Waals surface area contributed by atoms with Crippen LogP contribution in [0.1, 0.15) is 37.3 Å². The van der Waals surface area contributed by atoms with Crippen LogP contribution in [0.3, 0.4) is 0 Å². The van der Waals surface area contributed by atoms with Gasteiger partial charge in [-0.2, -0.15) is 0 Å². The fourth-order valence-electron chi connectivity index (χ4n) is 3.81. The summed E-state index contributed by atoms with van der Waals surface area (Å²) in [6.07, 6.45) is 4.54. The molecule has 2 aliphatic heterocycles. The van der Waals surface area contributed by atoms with Gasteiger partial charge in [-0.25, -0.2) is 0 Å². The first-order chi connectivity index (χ1) is 14.5. The summed E-state index contributed by atoms with van der Waals surface area (Å²) in [6.45, 7) is 2.14. The van der Waals surface area contributed by atoms with Gasteiger partial charge >= 0.3 is 0 Å². The zero-order valence-electron chi connectivity index (χ0n) is 16.6. The van der Waals surface area contributed by atoms with E-state index < -0.39 is 5.41 Å². The number of benzene rings is 2. The second-order valence-corrected chi connectivity index (χ2v) is 7.33. The Bertz CT molecular complexity index is 1030. The molecular formula is C23H22N2O5. The van der Waals surface area contributed by atoms with Crippen LogP contribution in [-0.2, 0) is 19.8 Å². The van der Waals surface area contributed by atoms with E-state index in [1.54, 1.807) is 24.3 Å². The van der Waals surface area contributed by atoms with Gasteiger partial charge in [0.05, 0.1) is 5.41 Å². The molecule has 1 atom stereocenters. The Morgan fingerprint density at radius 3 is 2.63 bits per heavy atom. The molecule has 2 aliphatic rings. The van der Waals surface area contributed by atoms with E-state index in [-0.39, 0.29) is 24.5 Å². The Hall–Kier alpha value is -3.61. The lowest BCUT2D eigenvalue weighted by molar-refractivity contribution is -0.138. The summed E-state index contributed by atoms with van der Waals surface area (Å²) in [7, 11) is 0. The minimum Gasteiger partial charge on any atom is -0.454 e. The molecule has 154 valence electrons. The van der Waals surface area contributed by atoms with Crippen LogP contribution >= 0.6 is 0 Å². The van der Waals surface area contributed by atoms with Gasteiger partial charge in [0.2, 0.25) is 24.5 Å². The predicted molar refractivity (Wildman–Crippen MR) is 111 cm³/mol. The molecule has 1 unspecified atom stereocenters. The van der Waals surface area contributed by atoms with Crippen LogP contribution in [0.2, 0.25) is 0 Å². The quantitative estimate of drug-likeness (QED) is 0.588. The Balaban J connectivity index is 1.42. The lowest BCUT2D eigenvalue weighted by Gasteiger charge is -2.35. The van der Waals surface area contributed by atoms with Gasteiger partial charge in [0, 0.05) is 18.2 Å². The van der Waals surface area contributed by atoms with E-state index in [1.807, 2.05) is 31.2 Å². The third-order valence-corrected chi connectivity index (χ3v) is 5.60. The highest BCUT2D eigenvalue weighted by Crippen LogP contribution is 2.36. The van der Waals surface area contributed by atoms with E-state index in [0.29, 0.717) is 36.4 Å². The van der Waals surface area contributed by atoms with E-state index in [9.17, 15) is 14.4 Å². The number of anilines is 1. The van der Waals surface area contributed by atoms with Gasteiger partial charge in [-0.1, -0.05) is 25.1 Å². The van der Waals surface area contributed by atoms with Gasteiger partial charge in [0.25, 0.3) is 0 Å². The average Bonchev–Trinajstić information content (AvgIpc) is 3.21. The summed E-state index contributed by atoms with van der Waals surface area (Å²) in [6, 6.07) is 12.6. The summed E-state index contributed by atoms with van der Waals surface area (Å²) in [5, 5.41) is 5.25. The zero-order valence-corrected chi connectivity index (χ0v) is 16.6. The maximum absolute atomic E-state index is 12.5. The summed E-state index contributed by atoms with van der Waals surface area (Å²) in [5.41, 5.74) is 1.57. The normalized spacial score (nSPS) is 20.3. The summed E-state index contributed by atoms with van der Waals surface area (Å²) in [5.74, 6) is 0.586. The summed E-state index contributed by atoms with van der Waals surface area (Å²) < 4.78 is 10.6. The Kier molecular flexibility index (Phi) is 5.27. The van der Waals surface area contributed by atoms with Gasteiger partial charge in [-0.05, 0) is 54.3 Å². The first kappa shape index (κ1) is 19.7. The van der Waals surface area contributed by atoms with Crippen LogP contribution in [-0.4, -0.2) is 24.5 Å². The third kappa shape index (κ3) is 3.78. The van der Waals surface area contributed by atoms with Gasteiger partial charge in [-0.15, -0.1) is 0 Å². The van der Waals surface area contributed by atoms with Crippen molar-refractivity contribution >= 4 is 29.5 Å². The molecule has 30 heavy (non-hydrogen) atoms. The van der Waals surface area contributed by atoms with Gasteiger partial charge in [0.1, 0.15) is 0 Å². The fraction of sp³-hybridized carbons (Fsp3) is 0.261. The number of rotatable bonds is 5. The van der Waals surface area contributed by atoms with Crippen LogP contribution < -0.4 is 20.1 Å². The van der Waals surface area contributed by atoms with Crippen LogP contribution in [0.4, 0.5) is 5.69 Å². The van der Waals surface area contributed by atoms with E-state index in [0.717, 1.165) is 11.1 Å². The van der Waals surface area contributed by atoms with Crippen LogP contribution in [0.25, 0.3) is 6.08 Å². The molecule has 2 heterocycles. The van der Waals surface area contributed by atoms with Gasteiger partial charge in [0.15, 0.2) is 11.5 Å². The lowest BCUT2D eigenvalue weighted by atomic mass is 9.72. The molecular weight excluding hydrogens is 384 g/mol. The average molecular weight is 406 g/mol.